The van der Waals surface area contributed by atoms with Crippen LogP contribution in [0.25, 0.3) is 0 Å². The number of allylic oxidation sites excluding steroid dienone is 2. The predicted molar refractivity (Wildman–Crippen MR) is 44.0 cm³/mol. The molecule has 0 N–H and O–H groups in total. The number of carbonyl (C=O) groups excluding carboxylic acids is 1. The van der Waals surface area contributed by atoms with Gasteiger partial charge in [-0.2, -0.15) is 0 Å². The normalized spacial score (nSPS) is 17.1. The van der Waals surface area contributed by atoms with Gasteiger partial charge in [0.2, 0.25) is 0 Å². The zero-order valence-electron chi connectivity index (χ0n) is 7.11. The molecule has 0 aliphatic heterocycles. The van der Waals surface area contributed by atoms with Gasteiger partial charge in [-0.25, -0.2) is 0 Å². The lowest BCUT2D eigenvalue weighted by Gasteiger charge is -2.05. The van der Waals surface area contributed by atoms with Crippen molar-refractivity contribution in [1.82, 2.24) is 0 Å². The Kier molecular flexibility index (Phi) is 4.91. The average Bonchev–Trinajstić information content (AvgIpc) is 2.00. The summed E-state index contributed by atoms with van der Waals surface area (Å²) in [5.74, 6) is 0.385. The molecule has 0 atom stereocenters. The van der Waals surface area contributed by atoms with Gasteiger partial charge in [0, 0.05) is 12.8 Å². The number of hydrogen-bond donors (Lipinski definition) is 0. The maximum atomic E-state index is 10.6. The van der Waals surface area contributed by atoms with Gasteiger partial charge < -0.3 is 0 Å². The Balaban J connectivity index is 0.000000371. The van der Waals surface area contributed by atoms with Gasteiger partial charge in [-0.05, 0) is 13.3 Å². The molecule has 0 aromatic carbocycles. The lowest BCUT2D eigenvalue weighted by molar-refractivity contribution is -0.118. The second-order valence-corrected chi connectivity index (χ2v) is 2.29. The molecule has 0 heterocycles. The molecule has 0 saturated heterocycles. The summed E-state index contributed by atoms with van der Waals surface area (Å²) in [5.41, 5.74) is 1.37. The minimum Gasteiger partial charge on any atom is -0.299 e. The van der Waals surface area contributed by atoms with E-state index in [0.29, 0.717) is 12.2 Å². The van der Waals surface area contributed by atoms with E-state index in [2.05, 4.69) is 6.92 Å². The van der Waals surface area contributed by atoms with Crippen molar-refractivity contribution in [1.29, 1.82) is 0 Å². The van der Waals surface area contributed by atoms with Gasteiger partial charge in [0.25, 0.3) is 0 Å². The van der Waals surface area contributed by atoms with Gasteiger partial charge in [0.1, 0.15) is 5.78 Å². The van der Waals surface area contributed by atoms with Crippen molar-refractivity contribution in [2.75, 3.05) is 0 Å². The third kappa shape index (κ3) is 3.44. The van der Waals surface area contributed by atoms with Gasteiger partial charge in [0.05, 0.1) is 0 Å². The van der Waals surface area contributed by atoms with Crippen LogP contribution in [0.5, 0.6) is 0 Å². The lowest BCUT2D eigenvalue weighted by atomic mass is 10.0. The molecule has 0 aromatic rings. The van der Waals surface area contributed by atoms with Crippen molar-refractivity contribution < 1.29 is 4.79 Å². The van der Waals surface area contributed by atoms with Crippen molar-refractivity contribution in [2.45, 2.75) is 40.0 Å². The van der Waals surface area contributed by atoms with E-state index >= 15 is 0 Å². The first-order valence-corrected chi connectivity index (χ1v) is 3.96. The molecule has 0 unspecified atom stereocenters. The Morgan fingerprint density at radius 3 is 2.20 bits per heavy atom. The summed E-state index contributed by atoms with van der Waals surface area (Å²) in [6.07, 6.45) is 4.44. The summed E-state index contributed by atoms with van der Waals surface area (Å²) in [5, 5.41) is 0. The first-order chi connectivity index (χ1) is 4.79. The van der Waals surface area contributed by atoms with E-state index in [4.69, 9.17) is 0 Å². The number of Topliss-reactive ketones (excluding diaryl/α,β-unsaturated/α-hetero) is 1. The molecule has 1 rings (SSSR count). The quantitative estimate of drug-likeness (QED) is 0.473. The van der Waals surface area contributed by atoms with Crippen LogP contribution in [0.4, 0.5) is 0 Å². The molecular formula is C9H16O. The summed E-state index contributed by atoms with van der Waals surface area (Å²) >= 11 is 0. The van der Waals surface area contributed by atoms with Gasteiger partial charge >= 0.3 is 0 Å². The zero-order chi connectivity index (χ0) is 7.98. The van der Waals surface area contributed by atoms with E-state index in [-0.39, 0.29) is 0 Å². The van der Waals surface area contributed by atoms with Crippen LogP contribution in [-0.2, 0) is 4.79 Å². The molecule has 58 valence electrons. The van der Waals surface area contributed by atoms with E-state index in [1.165, 1.54) is 5.57 Å². The van der Waals surface area contributed by atoms with Crippen LogP contribution in [-0.4, -0.2) is 5.78 Å². The molecule has 0 aromatic heterocycles. The fourth-order valence-electron chi connectivity index (χ4n) is 0.829. The van der Waals surface area contributed by atoms with Crippen molar-refractivity contribution in [2.24, 2.45) is 0 Å². The van der Waals surface area contributed by atoms with Crippen molar-refractivity contribution in [3.8, 4) is 0 Å². The van der Waals surface area contributed by atoms with Crippen LogP contribution in [0.1, 0.15) is 40.0 Å². The third-order valence-corrected chi connectivity index (χ3v) is 1.48. The van der Waals surface area contributed by atoms with Crippen LogP contribution in [0.2, 0.25) is 0 Å². The van der Waals surface area contributed by atoms with Crippen LogP contribution >= 0.6 is 0 Å². The number of carbonyl (C=O) groups is 1. The topological polar surface area (TPSA) is 17.1 Å². The van der Waals surface area contributed by atoms with Gasteiger partial charge in [-0.3, -0.25) is 4.79 Å². The largest absolute Gasteiger partial charge is 0.299 e. The standard InChI is InChI=1S/C7H10O.C2H6/c1-6-2-4-7(8)5-3-6;1-2/h2H,3-5H2,1H3;1-2H3. The van der Waals surface area contributed by atoms with E-state index in [1.54, 1.807) is 0 Å². The van der Waals surface area contributed by atoms with Crippen LogP contribution < -0.4 is 0 Å². The molecule has 1 aliphatic rings. The highest BCUT2D eigenvalue weighted by Gasteiger charge is 2.05. The van der Waals surface area contributed by atoms with Crippen molar-refractivity contribution >= 4 is 5.78 Å². The van der Waals surface area contributed by atoms with Gasteiger partial charge in [0.15, 0.2) is 0 Å². The van der Waals surface area contributed by atoms with Gasteiger partial charge in [-0.1, -0.05) is 25.5 Å². The summed E-state index contributed by atoms with van der Waals surface area (Å²) in [7, 11) is 0. The smallest absolute Gasteiger partial charge is 0.136 e. The van der Waals surface area contributed by atoms with Crippen LogP contribution in [0, 0.1) is 0 Å². The molecular weight excluding hydrogens is 124 g/mol. The van der Waals surface area contributed by atoms with Gasteiger partial charge in [-0.15, -0.1) is 0 Å². The lowest BCUT2D eigenvalue weighted by Crippen LogP contribution is -2.01. The van der Waals surface area contributed by atoms with Crippen LogP contribution in [0.15, 0.2) is 11.6 Å². The summed E-state index contributed by atoms with van der Waals surface area (Å²) in [6, 6.07) is 0. The molecule has 0 fully saturated rings. The Morgan fingerprint density at radius 2 is 1.90 bits per heavy atom. The Hall–Kier alpha value is -0.590. The average molecular weight is 140 g/mol. The Labute approximate surface area is 63.1 Å². The molecule has 1 aliphatic carbocycles. The summed E-state index contributed by atoms with van der Waals surface area (Å²) < 4.78 is 0. The number of rotatable bonds is 0. The first kappa shape index (κ1) is 9.41. The van der Waals surface area contributed by atoms with Crippen molar-refractivity contribution in [3.63, 3.8) is 0 Å². The highest BCUT2D eigenvalue weighted by molar-refractivity contribution is 5.81. The molecule has 10 heavy (non-hydrogen) atoms. The van der Waals surface area contributed by atoms with E-state index in [0.717, 1.165) is 12.8 Å². The third-order valence-electron chi connectivity index (χ3n) is 1.48. The molecule has 1 nitrogen and oxygen atoms in total. The Bertz CT molecular complexity index is 134. The fourth-order valence-corrected chi connectivity index (χ4v) is 0.829. The van der Waals surface area contributed by atoms with E-state index < -0.39 is 0 Å². The van der Waals surface area contributed by atoms with Crippen molar-refractivity contribution in [3.05, 3.63) is 11.6 Å². The molecule has 1 heteroatoms. The SMILES string of the molecule is CC.CC1=CCC(=O)CC1. The first-order valence-electron chi connectivity index (χ1n) is 3.96. The molecule has 0 amide bonds. The maximum Gasteiger partial charge on any atom is 0.136 e. The zero-order valence-corrected chi connectivity index (χ0v) is 7.11. The summed E-state index contributed by atoms with van der Waals surface area (Å²) in [4.78, 5) is 10.6. The second-order valence-electron chi connectivity index (χ2n) is 2.29. The van der Waals surface area contributed by atoms with E-state index in [1.807, 2.05) is 19.9 Å². The number of hydrogen-bond acceptors (Lipinski definition) is 1. The molecule has 0 radical (unpaired) electrons. The second kappa shape index (κ2) is 5.21. The minimum atomic E-state index is 0.385. The predicted octanol–water partition coefficient (Wildman–Crippen LogP) is 2.71. The highest BCUT2D eigenvalue weighted by atomic mass is 16.1. The fraction of sp³-hybridized carbons (Fsp3) is 0.667. The molecule has 0 saturated carbocycles. The van der Waals surface area contributed by atoms with E-state index in [9.17, 15) is 4.79 Å². The van der Waals surface area contributed by atoms with Crippen LogP contribution in [0.3, 0.4) is 0 Å². The minimum absolute atomic E-state index is 0.385. The highest BCUT2D eigenvalue weighted by Crippen LogP contribution is 2.12. The maximum absolute atomic E-state index is 10.6. The monoisotopic (exact) mass is 140 g/mol. The number of ketones is 1. The summed E-state index contributed by atoms with van der Waals surface area (Å²) in [6.45, 7) is 6.08. The molecule has 0 bridgehead atoms. The molecule has 0 spiro atoms. The Morgan fingerprint density at radius 1 is 1.30 bits per heavy atom.